The third-order valence-electron chi connectivity index (χ3n) is 4.16. The van der Waals surface area contributed by atoms with Gasteiger partial charge >= 0.3 is 0 Å². The molecule has 3 aromatic rings. The molecule has 27 heavy (non-hydrogen) atoms. The number of halogens is 1. The van der Waals surface area contributed by atoms with E-state index in [9.17, 15) is 8.94 Å². The number of fused-ring (bicyclic) bond motifs is 1. The summed E-state index contributed by atoms with van der Waals surface area (Å²) in [5.74, 6) is -0.293. The fourth-order valence-corrected chi connectivity index (χ4v) is 3.18. The zero-order chi connectivity index (χ0) is 19.8. The Morgan fingerprint density at radius 1 is 1.15 bits per heavy atom. The smallest absolute Gasteiger partial charge is 0.144 e. The molecule has 0 bridgehead atoms. The van der Waals surface area contributed by atoms with Gasteiger partial charge in [-0.3, -0.25) is 4.98 Å². The summed E-state index contributed by atoms with van der Waals surface area (Å²) in [6.45, 7) is 9.28. The van der Waals surface area contributed by atoms with Crippen molar-refractivity contribution in [1.29, 1.82) is 0 Å². The molecule has 0 spiro atoms. The first-order chi connectivity index (χ1) is 12.7. The summed E-state index contributed by atoms with van der Waals surface area (Å²) >= 11 is -1.38. The number of benzene rings is 1. The van der Waals surface area contributed by atoms with Crippen molar-refractivity contribution in [2.45, 2.75) is 39.4 Å². The van der Waals surface area contributed by atoms with Crippen molar-refractivity contribution in [2.24, 2.45) is 4.40 Å². The maximum Gasteiger partial charge on any atom is 0.144 e. The molecule has 0 N–H and O–H groups in total. The van der Waals surface area contributed by atoms with E-state index in [1.807, 2.05) is 39.8 Å². The molecule has 6 heteroatoms. The molecule has 0 radical (unpaired) electrons. The Morgan fingerprint density at radius 2 is 1.89 bits per heavy atom. The Morgan fingerprint density at radius 3 is 2.56 bits per heavy atom. The lowest BCUT2D eigenvalue weighted by molar-refractivity contribution is 0.562. The highest BCUT2D eigenvalue weighted by molar-refractivity contribution is 7.91. The zero-order valence-corrected chi connectivity index (χ0v) is 16.9. The van der Waals surface area contributed by atoms with Crippen LogP contribution >= 0.6 is 0 Å². The summed E-state index contributed by atoms with van der Waals surface area (Å²) in [6.07, 6.45) is 5.07. The van der Waals surface area contributed by atoms with Gasteiger partial charge in [-0.1, -0.05) is 4.40 Å². The number of hydrogen-bond donors (Lipinski definition) is 0. The zero-order valence-electron chi connectivity index (χ0n) is 16.1. The average Bonchev–Trinajstić information content (AvgIpc) is 2.61. The molecule has 4 nitrogen and oxygen atoms in total. The molecule has 1 unspecified atom stereocenters. The number of nitrogens with zero attached hydrogens (tertiary/aromatic N) is 3. The van der Waals surface area contributed by atoms with Crippen LogP contribution in [-0.4, -0.2) is 25.5 Å². The van der Waals surface area contributed by atoms with Crippen molar-refractivity contribution in [2.75, 3.05) is 0 Å². The van der Waals surface area contributed by atoms with Gasteiger partial charge in [-0.25, -0.2) is 9.37 Å². The van der Waals surface area contributed by atoms with Crippen molar-refractivity contribution in [3.63, 3.8) is 0 Å². The standard InChI is InChI=1S/C21H22FN3OS/c1-13-8-16(11-23-10-13)20-17(12-24-27(26)21(3,4)5)9-15-6-7-18(22)14(2)19(15)25-20/h6-12H,1-5H3/b24-12+. The van der Waals surface area contributed by atoms with Gasteiger partial charge in [-0.15, -0.1) is 0 Å². The first-order valence-corrected chi connectivity index (χ1v) is 9.75. The Hall–Kier alpha value is -2.31. The maximum atomic E-state index is 14.0. The van der Waals surface area contributed by atoms with Gasteiger partial charge in [0.1, 0.15) is 21.9 Å². The fourth-order valence-electron chi connectivity index (χ4n) is 2.65. The molecule has 0 saturated heterocycles. The van der Waals surface area contributed by atoms with E-state index in [1.165, 1.54) is 6.07 Å². The molecule has 0 saturated carbocycles. The molecule has 2 heterocycles. The van der Waals surface area contributed by atoms with E-state index in [0.717, 1.165) is 22.1 Å². The minimum absolute atomic E-state index is 0.293. The van der Waals surface area contributed by atoms with Crippen molar-refractivity contribution in [3.8, 4) is 11.3 Å². The number of pyridine rings is 2. The van der Waals surface area contributed by atoms with Crippen LogP contribution in [0.25, 0.3) is 22.2 Å². The largest absolute Gasteiger partial charge is 0.591 e. The van der Waals surface area contributed by atoms with Crippen LogP contribution in [0.2, 0.25) is 0 Å². The molecule has 0 fully saturated rings. The topological polar surface area (TPSA) is 61.2 Å². The first-order valence-electron chi connectivity index (χ1n) is 8.65. The number of aromatic nitrogens is 2. The van der Waals surface area contributed by atoms with E-state index < -0.39 is 16.1 Å². The molecule has 1 atom stereocenters. The molecule has 1 aromatic carbocycles. The Bertz CT molecular complexity index is 1030. The number of hydrogen-bond acceptors (Lipinski definition) is 4. The van der Waals surface area contributed by atoms with Crippen LogP contribution in [0.4, 0.5) is 4.39 Å². The number of aryl methyl sites for hydroxylation is 2. The summed E-state index contributed by atoms with van der Waals surface area (Å²) in [5, 5.41) is 0.807. The molecule has 0 amide bonds. The van der Waals surface area contributed by atoms with Gasteiger partial charge in [0, 0.05) is 34.5 Å². The predicted molar refractivity (Wildman–Crippen MR) is 110 cm³/mol. The normalized spacial score (nSPS) is 13.4. The molecule has 140 valence electrons. The van der Waals surface area contributed by atoms with Gasteiger partial charge in [-0.2, -0.15) is 0 Å². The van der Waals surface area contributed by atoms with Crippen LogP contribution in [0.15, 0.2) is 41.1 Å². The summed E-state index contributed by atoms with van der Waals surface area (Å²) in [6, 6.07) is 6.99. The predicted octanol–water partition coefficient (Wildman–Crippen LogP) is 4.93. The average molecular weight is 383 g/mol. The van der Waals surface area contributed by atoms with Crippen molar-refractivity contribution in [1.82, 2.24) is 9.97 Å². The second-order valence-electron chi connectivity index (χ2n) is 7.52. The summed E-state index contributed by atoms with van der Waals surface area (Å²) in [5.41, 5.74) is 4.26. The van der Waals surface area contributed by atoms with Gasteiger partial charge in [0.15, 0.2) is 0 Å². The van der Waals surface area contributed by atoms with E-state index in [2.05, 4.69) is 9.38 Å². The molecule has 0 aliphatic heterocycles. The van der Waals surface area contributed by atoms with Gasteiger partial charge in [-0.05, 0) is 64.4 Å². The lowest BCUT2D eigenvalue weighted by atomic mass is 10.0. The fraction of sp³-hybridized carbons (Fsp3) is 0.286. The molecule has 3 rings (SSSR count). The van der Waals surface area contributed by atoms with E-state index in [0.29, 0.717) is 16.8 Å². The van der Waals surface area contributed by atoms with E-state index in [-0.39, 0.29) is 5.82 Å². The van der Waals surface area contributed by atoms with E-state index in [1.54, 1.807) is 31.6 Å². The van der Waals surface area contributed by atoms with Crippen LogP contribution in [0.5, 0.6) is 0 Å². The van der Waals surface area contributed by atoms with Crippen molar-refractivity contribution < 1.29 is 8.94 Å². The van der Waals surface area contributed by atoms with Gasteiger partial charge in [0.2, 0.25) is 0 Å². The highest BCUT2D eigenvalue weighted by atomic mass is 32.2. The molecular formula is C21H22FN3OS. The molecule has 2 aromatic heterocycles. The molecular weight excluding hydrogens is 361 g/mol. The SMILES string of the molecule is Cc1cncc(-c2nc3c(C)c(F)ccc3cc2/C=N/[S+]([O-])C(C)(C)C)c1. The van der Waals surface area contributed by atoms with Gasteiger partial charge in [0.25, 0.3) is 0 Å². The summed E-state index contributed by atoms with van der Waals surface area (Å²) in [7, 11) is 0. The quantitative estimate of drug-likeness (QED) is 0.476. The third-order valence-corrected chi connectivity index (χ3v) is 5.51. The van der Waals surface area contributed by atoms with Crippen LogP contribution in [0.1, 0.15) is 37.5 Å². The Kier molecular flexibility index (Phi) is 5.31. The van der Waals surface area contributed by atoms with Crippen LogP contribution < -0.4 is 0 Å². The second kappa shape index (κ2) is 7.37. The molecule has 0 aliphatic carbocycles. The first kappa shape index (κ1) is 19.5. The van der Waals surface area contributed by atoms with Crippen molar-refractivity contribution in [3.05, 3.63) is 59.2 Å². The minimum Gasteiger partial charge on any atom is -0.591 e. The lowest BCUT2D eigenvalue weighted by Crippen LogP contribution is -2.25. The Balaban J connectivity index is 2.22. The third kappa shape index (κ3) is 4.17. The highest BCUT2D eigenvalue weighted by Crippen LogP contribution is 2.28. The van der Waals surface area contributed by atoms with Crippen molar-refractivity contribution >= 4 is 28.5 Å². The summed E-state index contributed by atoms with van der Waals surface area (Å²) < 4.78 is 30.1. The van der Waals surface area contributed by atoms with Crippen LogP contribution in [0.3, 0.4) is 0 Å². The number of rotatable bonds is 3. The summed E-state index contributed by atoms with van der Waals surface area (Å²) in [4.78, 5) is 8.95. The van der Waals surface area contributed by atoms with Gasteiger partial charge < -0.3 is 4.55 Å². The monoisotopic (exact) mass is 383 g/mol. The maximum absolute atomic E-state index is 14.0. The van der Waals surface area contributed by atoms with E-state index >= 15 is 0 Å². The van der Waals surface area contributed by atoms with Crippen LogP contribution in [0, 0.1) is 19.7 Å². The highest BCUT2D eigenvalue weighted by Gasteiger charge is 2.26. The van der Waals surface area contributed by atoms with E-state index in [4.69, 9.17) is 4.98 Å². The molecule has 0 aliphatic rings. The van der Waals surface area contributed by atoms with Gasteiger partial charge in [0.05, 0.1) is 17.4 Å². The van der Waals surface area contributed by atoms with Crippen LogP contribution in [-0.2, 0) is 11.4 Å². The Labute approximate surface area is 161 Å². The minimum atomic E-state index is -1.38. The second-order valence-corrected chi connectivity index (χ2v) is 9.45. The lowest BCUT2D eigenvalue weighted by Gasteiger charge is -2.18.